The Bertz CT molecular complexity index is 69.3. The van der Waals surface area contributed by atoms with Crippen molar-refractivity contribution in [3.8, 4) is 0 Å². The molecule has 0 rings (SSSR count). The minimum Gasteiger partial charge on any atom is -0.423 e. The summed E-state index contributed by atoms with van der Waals surface area (Å²) in [6, 6.07) is 0. The molecular weight excluding hydrogens is 128 g/mol. The van der Waals surface area contributed by atoms with Gasteiger partial charge in [0.25, 0.3) is 0 Å². The molecule has 0 bridgehead atoms. The van der Waals surface area contributed by atoms with Crippen molar-refractivity contribution in [1.29, 1.82) is 0 Å². The summed E-state index contributed by atoms with van der Waals surface area (Å²) in [5.41, 5.74) is 0.195. The molecule has 0 amide bonds. The monoisotopic (exact) mass is 146 g/mol. The van der Waals surface area contributed by atoms with Crippen LogP contribution in [-0.4, -0.2) is 16.1 Å². The summed E-state index contributed by atoms with van der Waals surface area (Å²) in [5.74, 6) is 0. The topological polar surface area (TPSA) is 9.23 Å². The van der Waals surface area contributed by atoms with Crippen LogP contribution in [0.15, 0.2) is 0 Å². The Balaban J connectivity index is 3.62. The van der Waals surface area contributed by atoms with Crippen molar-refractivity contribution in [3.63, 3.8) is 0 Å². The Morgan fingerprint density at radius 1 is 1.44 bits per heavy atom. The highest BCUT2D eigenvalue weighted by Gasteiger charge is 2.17. The summed E-state index contributed by atoms with van der Waals surface area (Å²) in [5, 5.41) is 0. The number of hydrogen-bond acceptors (Lipinski definition) is 1. The Kier molecular flexibility index (Phi) is 4.15. The lowest BCUT2D eigenvalue weighted by Crippen LogP contribution is -2.26. The van der Waals surface area contributed by atoms with Crippen LogP contribution in [0.4, 0.5) is 0 Å². The first-order valence-corrected chi connectivity index (χ1v) is 4.55. The van der Waals surface area contributed by atoms with Crippen molar-refractivity contribution < 1.29 is 4.43 Å². The molecule has 56 valence electrons. The van der Waals surface area contributed by atoms with Crippen molar-refractivity contribution in [2.24, 2.45) is 0 Å². The van der Waals surface area contributed by atoms with Crippen LogP contribution in [0.2, 0.25) is 0 Å². The highest BCUT2D eigenvalue weighted by Crippen LogP contribution is 2.19. The quantitative estimate of drug-likeness (QED) is 0.542. The van der Waals surface area contributed by atoms with Crippen LogP contribution in [-0.2, 0) is 4.43 Å². The average molecular weight is 146 g/mol. The molecule has 0 aliphatic heterocycles. The van der Waals surface area contributed by atoms with Crippen LogP contribution < -0.4 is 0 Å². The molecular formula is C7H18OSi. The Morgan fingerprint density at radius 3 is 2.11 bits per heavy atom. The molecule has 1 atom stereocenters. The Labute approximate surface area is 61.3 Å². The van der Waals surface area contributed by atoms with E-state index < -0.39 is 0 Å². The van der Waals surface area contributed by atoms with Crippen LogP contribution in [0.25, 0.3) is 0 Å². The lowest BCUT2D eigenvalue weighted by Gasteiger charge is -2.26. The zero-order valence-corrected chi connectivity index (χ0v) is 9.03. The largest absolute Gasteiger partial charge is 0.423 e. The van der Waals surface area contributed by atoms with E-state index in [9.17, 15) is 0 Å². The van der Waals surface area contributed by atoms with Crippen LogP contribution in [0.5, 0.6) is 0 Å². The highest BCUT2D eigenvalue weighted by atomic mass is 28.2. The van der Waals surface area contributed by atoms with Crippen molar-refractivity contribution in [1.82, 2.24) is 0 Å². The molecule has 2 heteroatoms. The minimum absolute atomic E-state index is 0.195. The lowest BCUT2D eigenvalue weighted by molar-refractivity contribution is 0.0857. The fourth-order valence-corrected chi connectivity index (χ4v) is 1.44. The normalized spacial score (nSPS) is 17.7. The summed E-state index contributed by atoms with van der Waals surface area (Å²) in [4.78, 5) is 0. The molecule has 0 aromatic rings. The zero-order valence-electron chi connectivity index (χ0n) is 7.03. The molecule has 0 spiro atoms. The zero-order chi connectivity index (χ0) is 7.33. The van der Waals surface area contributed by atoms with Crippen molar-refractivity contribution in [2.45, 2.75) is 45.6 Å². The predicted molar refractivity (Wildman–Crippen MR) is 44.6 cm³/mol. The van der Waals surface area contributed by atoms with E-state index in [1.54, 1.807) is 0 Å². The lowest BCUT2D eigenvalue weighted by atomic mass is 9.98. The molecule has 0 aliphatic carbocycles. The second-order valence-corrected chi connectivity index (χ2v) is 3.17. The summed E-state index contributed by atoms with van der Waals surface area (Å²) >= 11 is 0. The minimum atomic E-state index is 0.195. The first-order chi connectivity index (χ1) is 4.18. The Hall–Kier alpha value is 0.177. The SMILES string of the molecule is CCCC(C)(CC)O[SiH3]. The molecule has 1 nitrogen and oxygen atoms in total. The first kappa shape index (κ1) is 9.18. The summed E-state index contributed by atoms with van der Waals surface area (Å²) in [7, 11) is 0.871. The van der Waals surface area contributed by atoms with E-state index in [4.69, 9.17) is 4.43 Å². The van der Waals surface area contributed by atoms with E-state index in [1.807, 2.05) is 0 Å². The van der Waals surface area contributed by atoms with Gasteiger partial charge in [0, 0.05) is 0 Å². The molecule has 0 saturated carbocycles. The van der Waals surface area contributed by atoms with Crippen molar-refractivity contribution in [2.75, 3.05) is 0 Å². The smallest absolute Gasteiger partial charge is 0.146 e. The van der Waals surface area contributed by atoms with Gasteiger partial charge in [0.15, 0.2) is 0 Å². The van der Waals surface area contributed by atoms with Gasteiger partial charge in [-0.1, -0.05) is 20.3 Å². The molecule has 0 heterocycles. The molecule has 0 aromatic heterocycles. The Morgan fingerprint density at radius 2 is 2.00 bits per heavy atom. The van der Waals surface area contributed by atoms with Gasteiger partial charge in [-0.15, -0.1) is 0 Å². The fourth-order valence-electron chi connectivity index (χ4n) is 0.952. The molecule has 0 saturated heterocycles. The van der Waals surface area contributed by atoms with E-state index in [1.165, 1.54) is 12.8 Å². The van der Waals surface area contributed by atoms with Crippen LogP contribution in [0, 0.1) is 0 Å². The predicted octanol–water partition coefficient (Wildman–Crippen LogP) is 1.25. The van der Waals surface area contributed by atoms with Gasteiger partial charge in [0.1, 0.15) is 10.5 Å². The molecule has 9 heavy (non-hydrogen) atoms. The van der Waals surface area contributed by atoms with Gasteiger partial charge < -0.3 is 4.43 Å². The molecule has 0 aliphatic rings. The fraction of sp³-hybridized carbons (Fsp3) is 1.00. The number of rotatable bonds is 4. The van der Waals surface area contributed by atoms with E-state index >= 15 is 0 Å². The van der Waals surface area contributed by atoms with Gasteiger partial charge in [0.05, 0.1) is 5.60 Å². The molecule has 1 unspecified atom stereocenters. The van der Waals surface area contributed by atoms with E-state index in [0.717, 1.165) is 16.9 Å². The van der Waals surface area contributed by atoms with Gasteiger partial charge >= 0.3 is 0 Å². The highest BCUT2D eigenvalue weighted by molar-refractivity contribution is 5.98. The van der Waals surface area contributed by atoms with Gasteiger partial charge in [-0.2, -0.15) is 0 Å². The average Bonchev–Trinajstić information content (AvgIpc) is 1.89. The van der Waals surface area contributed by atoms with Crippen molar-refractivity contribution in [3.05, 3.63) is 0 Å². The maximum absolute atomic E-state index is 5.47. The third-order valence-electron chi connectivity index (χ3n) is 2.02. The van der Waals surface area contributed by atoms with Gasteiger partial charge in [0.2, 0.25) is 0 Å². The number of hydrogen-bond donors (Lipinski definition) is 0. The van der Waals surface area contributed by atoms with Gasteiger partial charge in [-0.05, 0) is 19.8 Å². The van der Waals surface area contributed by atoms with Crippen LogP contribution >= 0.6 is 0 Å². The third kappa shape index (κ3) is 3.01. The maximum Gasteiger partial charge on any atom is 0.146 e. The second-order valence-electron chi connectivity index (χ2n) is 2.76. The molecule has 0 radical (unpaired) electrons. The van der Waals surface area contributed by atoms with E-state index in [0.29, 0.717) is 0 Å². The maximum atomic E-state index is 5.47. The van der Waals surface area contributed by atoms with Crippen LogP contribution in [0.3, 0.4) is 0 Å². The van der Waals surface area contributed by atoms with Crippen molar-refractivity contribution >= 4 is 10.5 Å². The summed E-state index contributed by atoms with van der Waals surface area (Å²) in [6.07, 6.45) is 3.57. The van der Waals surface area contributed by atoms with E-state index in [2.05, 4.69) is 20.8 Å². The first-order valence-electron chi connectivity index (χ1n) is 3.73. The molecule has 0 fully saturated rings. The second kappa shape index (κ2) is 4.07. The summed E-state index contributed by atoms with van der Waals surface area (Å²) < 4.78 is 5.47. The third-order valence-corrected chi connectivity index (χ3v) is 3.01. The standard InChI is InChI=1S/C7H18OSi/c1-4-6-7(3,5-2)8-9/h4-6H2,1-3,9H3. The van der Waals surface area contributed by atoms with Gasteiger partial charge in [-0.25, -0.2) is 0 Å². The van der Waals surface area contributed by atoms with Crippen LogP contribution in [0.1, 0.15) is 40.0 Å². The summed E-state index contributed by atoms with van der Waals surface area (Å²) in [6.45, 7) is 6.59. The molecule has 0 aromatic carbocycles. The molecule has 0 N–H and O–H groups in total. The van der Waals surface area contributed by atoms with Gasteiger partial charge in [-0.3, -0.25) is 0 Å². The van der Waals surface area contributed by atoms with E-state index in [-0.39, 0.29) is 5.60 Å².